The summed E-state index contributed by atoms with van der Waals surface area (Å²) in [7, 11) is 0. The van der Waals surface area contributed by atoms with Crippen molar-refractivity contribution in [1.82, 2.24) is 10.2 Å². The molecule has 1 aliphatic carbocycles. The molecule has 1 saturated heterocycles. The van der Waals surface area contributed by atoms with Crippen molar-refractivity contribution in [2.75, 3.05) is 19.6 Å². The van der Waals surface area contributed by atoms with E-state index in [4.69, 9.17) is 0 Å². The Hall–Kier alpha value is -1.12. The molecule has 2 fully saturated rings. The van der Waals surface area contributed by atoms with Crippen LogP contribution in [-0.4, -0.2) is 30.1 Å². The van der Waals surface area contributed by atoms with Crippen LogP contribution in [0.1, 0.15) is 51.1 Å². The molecule has 114 valence electrons. The standard InChI is InChI=1S/C19H28N2/c1-16(2)10-13-21-14-18(17-8-4-3-5-9-17)20-15-19(21)11-6-7-12-19/h3-5,8-10,18,20H,6-7,11-15H2,1-2H3. The van der Waals surface area contributed by atoms with E-state index in [0.29, 0.717) is 11.6 Å². The quantitative estimate of drug-likeness (QED) is 0.847. The Morgan fingerprint density at radius 3 is 2.62 bits per heavy atom. The van der Waals surface area contributed by atoms with Gasteiger partial charge in [-0.05, 0) is 32.3 Å². The smallest absolute Gasteiger partial charge is 0.0450 e. The normalized spacial score (nSPS) is 25.1. The van der Waals surface area contributed by atoms with E-state index in [1.165, 1.54) is 36.8 Å². The van der Waals surface area contributed by atoms with Crippen LogP contribution >= 0.6 is 0 Å². The molecule has 2 nitrogen and oxygen atoms in total. The van der Waals surface area contributed by atoms with Gasteiger partial charge >= 0.3 is 0 Å². The highest BCUT2D eigenvalue weighted by atomic mass is 15.3. The molecule has 1 saturated carbocycles. The lowest BCUT2D eigenvalue weighted by molar-refractivity contribution is 0.0538. The number of hydrogen-bond donors (Lipinski definition) is 1. The Balaban J connectivity index is 1.78. The summed E-state index contributed by atoms with van der Waals surface area (Å²) in [6, 6.07) is 11.4. The summed E-state index contributed by atoms with van der Waals surface area (Å²) in [6.07, 6.45) is 7.90. The number of hydrogen-bond acceptors (Lipinski definition) is 2. The fourth-order valence-corrected chi connectivity index (χ4v) is 3.90. The predicted molar refractivity (Wildman–Crippen MR) is 89.4 cm³/mol. The Bertz CT molecular complexity index is 482. The van der Waals surface area contributed by atoms with Crippen LogP contribution in [0.4, 0.5) is 0 Å². The zero-order chi connectivity index (χ0) is 14.7. The Labute approximate surface area is 129 Å². The van der Waals surface area contributed by atoms with Crippen molar-refractivity contribution in [3.8, 4) is 0 Å². The van der Waals surface area contributed by atoms with Crippen LogP contribution in [0.25, 0.3) is 0 Å². The van der Waals surface area contributed by atoms with Gasteiger partial charge in [0.1, 0.15) is 0 Å². The molecule has 0 amide bonds. The van der Waals surface area contributed by atoms with Gasteiger partial charge in [-0.15, -0.1) is 0 Å². The largest absolute Gasteiger partial charge is 0.307 e. The lowest BCUT2D eigenvalue weighted by Crippen LogP contribution is -2.60. The van der Waals surface area contributed by atoms with Crippen molar-refractivity contribution in [1.29, 1.82) is 0 Å². The van der Waals surface area contributed by atoms with Crippen LogP contribution in [0.15, 0.2) is 42.0 Å². The average Bonchev–Trinajstić information content (AvgIpc) is 2.96. The zero-order valence-corrected chi connectivity index (χ0v) is 13.4. The van der Waals surface area contributed by atoms with Crippen LogP contribution in [0, 0.1) is 0 Å². The minimum atomic E-state index is 0.414. The molecule has 0 bridgehead atoms. The van der Waals surface area contributed by atoms with E-state index in [0.717, 1.165) is 19.6 Å². The first kappa shape index (κ1) is 14.8. The predicted octanol–water partition coefficient (Wildman–Crippen LogP) is 3.91. The molecule has 1 aliphatic heterocycles. The Kier molecular flexibility index (Phi) is 4.46. The molecule has 1 spiro atoms. The third-order valence-corrected chi connectivity index (χ3v) is 5.21. The molecule has 1 unspecified atom stereocenters. The van der Waals surface area contributed by atoms with Crippen molar-refractivity contribution in [2.45, 2.75) is 51.1 Å². The van der Waals surface area contributed by atoms with Gasteiger partial charge in [-0.3, -0.25) is 4.90 Å². The lowest BCUT2D eigenvalue weighted by atomic mass is 9.89. The van der Waals surface area contributed by atoms with E-state index in [1.54, 1.807) is 0 Å². The summed E-state index contributed by atoms with van der Waals surface area (Å²) in [5.74, 6) is 0. The highest BCUT2D eigenvalue weighted by molar-refractivity contribution is 5.21. The molecule has 2 aliphatic rings. The highest BCUT2D eigenvalue weighted by Gasteiger charge is 2.43. The van der Waals surface area contributed by atoms with Gasteiger partial charge < -0.3 is 5.32 Å². The van der Waals surface area contributed by atoms with Gasteiger partial charge in [0.2, 0.25) is 0 Å². The number of rotatable bonds is 3. The summed E-state index contributed by atoms with van der Waals surface area (Å²) >= 11 is 0. The maximum atomic E-state index is 3.82. The Morgan fingerprint density at radius 1 is 1.24 bits per heavy atom. The molecule has 2 heteroatoms. The third kappa shape index (κ3) is 3.22. The van der Waals surface area contributed by atoms with Crippen LogP contribution in [-0.2, 0) is 0 Å². The lowest BCUT2D eigenvalue weighted by Gasteiger charge is -2.48. The van der Waals surface area contributed by atoms with Crippen LogP contribution < -0.4 is 5.32 Å². The minimum Gasteiger partial charge on any atom is -0.307 e. The molecule has 1 aromatic carbocycles. The van der Waals surface area contributed by atoms with Gasteiger partial charge in [0.05, 0.1) is 0 Å². The highest BCUT2D eigenvalue weighted by Crippen LogP contribution is 2.38. The molecule has 0 aromatic heterocycles. The second kappa shape index (κ2) is 6.33. The summed E-state index contributed by atoms with van der Waals surface area (Å²) < 4.78 is 0. The molecule has 1 heterocycles. The first-order valence-corrected chi connectivity index (χ1v) is 8.36. The molecule has 0 radical (unpaired) electrons. The Morgan fingerprint density at radius 2 is 1.95 bits per heavy atom. The van der Waals surface area contributed by atoms with Crippen molar-refractivity contribution < 1.29 is 0 Å². The maximum absolute atomic E-state index is 3.82. The number of allylic oxidation sites excluding steroid dienone is 1. The SMILES string of the molecule is CC(C)=CCN1CC(c2ccccc2)NCC12CCCC2. The van der Waals surface area contributed by atoms with E-state index in [-0.39, 0.29) is 0 Å². The van der Waals surface area contributed by atoms with E-state index >= 15 is 0 Å². The third-order valence-electron chi connectivity index (χ3n) is 5.21. The maximum Gasteiger partial charge on any atom is 0.0450 e. The number of piperazine rings is 1. The molecule has 1 atom stereocenters. The van der Waals surface area contributed by atoms with Crippen LogP contribution in [0.3, 0.4) is 0 Å². The van der Waals surface area contributed by atoms with Gasteiger partial charge in [-0.25, -0.2) is 0 Å². The second-order valence-electron chi connectivity index (χ2n) is 6.96. The van der Waals surface area contributed by atoms with Crippen LogP contribution in [0.2, 0.25) is 0 Å². The molecular weight excluding hydrogens is 256 g/mol. The van der Waals surface area contributed by atoms with Crippen molar-refractivity contribution in [3.63, 3.8) is 0 Å². The van der Waals surface area contributed by atoms with Crippen molar-refractivity contribution in [2.24, 2.45) is 0 Å². The molecule has 1 aromatic rings. The van der Waals surface area contributed by atoms with Crippen molar-refractivity contribution >= 4 is 0 Å². The molecular formula is C19H28N2. The van der Waals surface area contributed by atoms with Gasteiger partial charge in [-0.1, -0.05) is 54.8 Å². The topological polar surface area (TPSA) is 15.3 Å². The first-order valence-electron chi connectivity index (χ1n) is 8.36. The van der Waals surface area contributed by atoms with E-state index in [2.05, 4.69) is 60.5 Å². The fraction of sp³-hybridized carbons (Fsp3) is 0.579. The molecule has 1 N–H and O–H groups in total. The van der Waals surface area contributed by atoms with Gasteiger partial charge in [-0.2, -0.15) is 0 Å². The molecule has 21 heavy (non-hydrogen) atoms. The zero-order valence-electron chi connectivity index (χ0n) is 13.4. The average molecular weight is 284 g/mol. The first-order chi connectivity index (χ1) is 10.2. The fourth-order valence-electron chi connectivity index (χ4n) is 3.90. The summed E-state index contributed by atoms with van der Waals surface area (Å²) in [5.41, 5.74) is 3.27. The van der Waals surface area contributed by atoms with Gasteiger partial charge in [0.25, 0.3) is 0 Å². The number of nitrogens with zero attached hydrogens (tertiary/aromatic N) is 1. The number of nitrogens with one attached hydrogen (secondary N) is 1. The van der Waals surface area contributed by atoms with E-state index in [1.807, 2.05) is 0 Å². The van der Waals surface area contributed by atoms with Crippen LogP contribution in [0.5, 0.6) is 0 Å². The minimum absolute atomic E-state index is 0.414. The second-order valence-corrected chi connectivity index (χ2v) is 6.96. The summed E-state index contributed by atoms with van der Waals surface area (Å²) in [4.78, 5) is 2.75. The van der Waals surface area contributed by atoms with Gasteiger partial charge in [0, 0.05) is 31.2 Å². The molecule has 3 rings (SSSR count). The van der Waals surface area contributed by atoms with E-state index < -0.39 is 0 Å². The monoisotopic (exact) mass is 284 g/mol. The summed E-state index contributed by atoms with van der Waals surface area (Å²) in [5, 5.41) is 3.82. The van der Waals surface area contributed by atoms with E-state index in [9.17, 15) is 0 Å². The number of benzene rings is 1. The summed E-state index contributed by atoms with van der Waals surface area (Å²) in [6.45, 7) is 7.79. The van der Waals surface area contributed by atoms with Gasteiger partial charge in [0.15, 0.2) is 0 Å². The van der Waals surface area contributed by atoms with Crippen molar-refractivity contribution in [3.05, 3.63) is 47.5 Å².